The van der Waals surface area contributed by atoms with E-state index in [0.29, 0.717) is 16.1 Å². The third-order valence-electron chi connectivity index (χ3n) is 3.46. The fourth-order valence-corrected chi connectivity index (χ4v) is 3.04. The predicted molar refractivity (Wildman–Crippen MR) is 98.8 cm³/mol. The van der Waals surface area contributed by atoms with Gasteiger partial charge in [0.2, 0.25) is 0 Å². The van der Waals surface area contributed by atoms with Gasteiger partial charge in [0, 0.05) is 10.7 Å². The molecule has 0 aliphatic heterocycles. The molecule has 0 aliphatic rings. The monoisotopic (exact) mass is 375 g/mol. The molecule has 1 amide bonds. The Morgan fingerprint density at radius 2 is 1.68 bits per heavy atom. The molecule has 0 aromatic heterocycles. The van der Waals surface area contributed by atoms with E-state index in [-0.39, 0.29) is 11.3 Å². The minimum absolute atomic E-state index is 0.0207. The summed E-state index contributed by atoms with van der Waals surface area (Å²) in [7, 11) is -3.78. The van der Waals surface area contributed by atoms with Crippen molar-refractivity contribution in [3.8, 4) is 5.75 Å². The van der Waals surface area contributed by atoms with Crippen molar-refractivity contribution in [1.29, 1.82) is 0 Å². The van der Waals surface area contributed by atoms with Crippen molar-refractivity contribution in [2.45, 2.75) is 0 Å². The summed E-state index contributed by atoms with van der Waals surface area (Å²) in [5, 5.41) is 4.67. The Morgan fingerprint density at radius 1 is 1.00 bits per heavy atom. The van der Waals surface area contributed by atoms with Gasteiger partial charge in [-0.1, -0.05) is 41.9 Å². The van der Waals surface area contributed by atoms with Crippen molar-refractivity contribution in [3.63, 3.8) is 0 Å². The Labute approximate surface area is 150 Å². The van der Waals surface area contributed by atoms with Crippen LogP contribution in [0.1, 0.15) is 10.4 Å². The van der Waals surface area contributed by atoms with Gasteiger partial charge in [0.1, 0.15) is 0 Å². The van der Waals surface area contributed by atoms with Crippen molar-refractivity contribution in [1.82, 2.24) is 0 Å². The van der Waals surface area contributed by atoms with E-state index < -0.39 is 16.0 Å². The van der Waals surface area contributed by atoms with Crippen LogP contribution in [0.3, 0.4) is 0 Å². The van der Waals surface area contributed by atoms with Crippen molar-refractivity contribution >= 4 is 44.1 Å². The third kappa shape index (κ3) is 4.10. The molecule has 7 heteroatoms. The number of hydrogen-bond donors (Lipinski definition) is 1. The fourth-order valence-electron chi connectivity index (χ4n) is 2.45. The van der Waals surface area contributed by atoms with Gasteiger partial charge in [0.25, 0.3) is 5.91 Å². The van der Waals surface area contributed by atoms with Crippen LogP contribution in [0.4, 0.5) is 5.69 Å². The van der Waals surface area contributed by atoms with Crippen LogP contribution in [0, 0.1) is 0 Å². The molecule has 0 heterocycles. The van der Waals surface area contributed by atoms with Crippen molar-refractivity contribution in [3.05, 3.63) is 71.2 Å². The second-order valence-corrected chi connectivity index (χ2v) is 7.42. The quantitative estimate of drug-likeness (QED) is 0.697. The molecule has 3 aromatic carbocycles. The Bertz CT molecular complexity index is 1050. The van der Waals surface area contributed by atoms with Gasteiger partial charge in [-0.15, -0.1) is 0 Å². The van der Waals surface area contributed by atoms with Crippen LogP contribution in [-0.2, 0) is 10.1 Å². The molecule has 3 aromatic rings. The normalized spacial score (nSPS) is 11.3. The van der Waals surface area contributed by atoms with Crippen molar-refractivity contribution < 1.29 is 17.4 Å². The summed E-state index contributed by atoms with van der Waals surface area (Å²) in [5.41, 5.74) is 0.686. The highest BCUT2D eigenvalue weighted by molar-refractivity contribution is 7.86. The first kappa shape index (κ1) is 17.3. The van der Waals surface area contributed by atoms with E-state index in [1.165, 1.54) is 6.07 Å². The molecule has 0 unspecified atom stereocenters. The molecule has 1 N–H and O–H groups in total. The van der Waals surface area contributed by atoms with Gasteiger partial charge in [-0.25, -0.2) is 0 Å². The summed E-state index contributed by atoms with van der Waals surface area (Å²) in [5.74, 6) is -0.495. The van der Waals surface area contributed by atoms with Crippen LogP contribution in [0.15, 0.2) is 60.7 Å². The van der Waals surface area contributed by atoms with E-state index in [4.69, 9.17) is 15.8 Å². The zero-order valence-electron chi connectivity index (χ0n) is 13.2. The van der Waals surface area contributed by atoms with E-state index in [9.17, 15) is 13.2 Å². The van der Waals surface area contributed by atoms with Gasteiger partial charge >= 0.3 is 10.1 Å². The van der Waals surface area contributed by atoms with E-state index in [1.807, 2.05) is 12.1 Å². The molecule has 0 saturated carbocycles. The highest BCUT2D eigenvalue weighted by atomic mass is 35.5. The van der Waals surface area contributed by atoms with Gasteiger partial charge < -0.3 is 9.50 Å². The average molecular weight is 376 g/mol. The highest BCUT2D eigenvalue weighted by Crippen LogP contribution is 2.30. The fraction of sp³-hybridized carbons (Fsp3) is 0.0556. The maximum absolute atomic E-state index is 12.8. The van der Waals surface area contributed by atoms with Crippen LogP contribution in [0.25, 0.3) is 10.8 Å². The van der Waals surface area contributed by atoms with Crippen LogP contribution >= 0.6 is 11.6 Å². The van der Waals surface area contributed by atoms with Gasteiger partial charge in [-0.2, -0.15) is 8.42 Å². The van der Waals surface area contributed by atoms with Gasteiger partial charge in [-0.3, -0.25) is 4.79 Å². The molecule has 5 nitrogen and oxygen atoms in total. The lowest BCUT2D eigenvalue weighted by molar-refractivity contribution is 0.102. The predicted octanol–water partition coefficient (Wildman–Crippen LogP) is 4.08. The summed E-state index contributed by atoms with van der Waals surface area (Å²) < 4.78 is 28.1. The second-order valence-electron chi connectivity index (χ2n) is 5.41. The average Bonchev–Trinajstić information content (AvgIpc) is 2.55. The number of amides is 1. The molecular formula is C18H14ClNO4S. The maximum Gasteiger partial charge on any atom is 0.306 e. The summed E-state index contributed by atoms with van der Waals surface area (Å²) in [4.78, 5) is 12.8. The molecule has 0 atom stereocenters. The van der Waals surface area contributed by atoms with Crippen LogP contribution in [0.2, 0.25) is 5.02 Å². The number of benzene rings is 3. The number of rotatable bonds is 4. The lowest BCUT2D eigenvalue weighted by Crippen LogP contribution is -2.16. The molecule has 0 fully saturated rings. The molecule has 0 aliphatic carbocycles. The Balaban J connectivity index is 2.09. The van der Waals surface area contributed by atoms with Gasteiger partial charge in [0.15, 0.2) is 5.75 Å². The summed E-state index contributed by atoms with van der Waals surface area (Å²) >= 11 is 5.84. The molecular weight excluding hydrogens is 362 g/mol. The van der Waals surface area contributed by atoms with E-state index in [2.05, 4.69) is 5.32 Å². The summed E-state index contributed by atoms with van der Waals surface area (Å²) in [6.07, 6.45) is 0.934. The number of carbonyl (C=O) groups excluding carboxylic acids is 1. The summed E-state index contributed by atoms with van der Waals surface area (Å²) in [6.45, 7) is 0. The second kappa shape index (κ2) is 6.74. The van der Waals surface area contributed by atoms with Crippen LogP contribution in [0.5, 0.6) is 5.75 Å². The Hall–Kier alpha value is -2.57. The lowest BCUT2D eigenvalue weighted by atomic mass is 10.0. The van der Waals surface area contributed by atoms with E-state index >= 15 is 0 Å². The van der Waals surface area contributed by atoms with Gasteiger partial charge in [0.05, 0.1) is 11.8 Å². The van der Waals surface area contributed by atoms with Crippen molar-refractivity contribution in [2.24, 2.45) is 0 Å². The molecule has 128 valence electrons. The minimum Gasteiger partial charge on any atom is -0.382 e. The largest absolute Gasteiger partial charge is 0.382 e. The first-order valence-electron chi connectivity index (χ1n) is 7.31. The molecule has 0 spiro atoms. The SMILES string of the molecule is CS(=O)(=O)Oc1ccc2ccccc2c1C(=O)Nc1ccc(Cl)cc1. The van der Waals surface area contributed by atoms with E-state index in [1.54, 1.807) is 42.5 Å². The molecule has 3 rings (SSSR count). The molecule has 0 saturated heterocycles. The smallest absolute Gasteiger partial charge is 0.306 e. The number of carbonyl (C=O) groups is 1. The van der Waals surface area contributed by atoms with E-state index in [0.717, 1.165) is 11.6 Å². The van der Waals surface area contributed by atoms with Gasteiger partial charge in [-0.05, 0) is 41.1 Å². The number of anilines is 1. The zero-order valence-corrected chi connectivity index (χ0v) is 14.8. The zero-order chi connectivity index (χ0) is 18.0. The number of hydrogen-bond acceptors (Lipinski definition) is 4. The topological polar surface area (TPSA) is 72.5 Å². The number of nitrogens with one attached hydrogen (secondary N) is 1. The van der Waals surface area contributed by atoms with Crippen molar-refractivity contribution in [2.75, 3.05) is 11.6 Å². The first-order valence-corrected chi connectivity index (χ1v) is 9.51. The highest BCUT2D eigenvalue weighted by Gasteiger charge is 2.19. The number of fused-ring (bicyclic) bond motifs is 1. The third-order valence-corrected chi connectivity index (χ3v) is 4.20. The first-order chi connectivity index (χ1) is 11.8. The number of halogens is 1. The molecule has 0 bridgehead atoms. The molecule has 0 radical (unpaired) electrons. The maximum atomic E-state index is 12.8. The Morgan fingerprint density at radius 3 is 2.36 bits per heavy atom. The molecule has 25 heavy (non-hydrogen) atoms. The van der Waals surface area contributed by atoms with Crippen LogP contribution < -0.4 is 9.50 Å². The Kier molecular flexibility index (Phi) is 4.65. The van der Waals surface area contributed by atoms with Crippen LogP contribution in [-0.4, -0.2) is 20.6 Å². The summed E-state index contributed by atoms with van der Waals surface area (Å²) in [6, 6.07) is 17.0. The minimum atomic E-state index is -3.78. The lowest BCUT2D eigenvalue weighted by Gasteiger charge is -2.13. The standard InChI is InChI=1S/C18H14ClNO4S/c1-25(22,23)24-16-11-6-12-4-2-3-5-15(12)17(16)18(21)20-14-9-7-13(19)8-10-14/h2-11H,1H3,(H,20,21).